The van der Waals surface area contributed by atoms with Gasteiger partial charge < -0.3 is 5.32 Å². The summed E-state index contributed by atoms with van der Waals surface area (Å²) in [5.41, 5.74) is 0. The first-order valence-electron chi connectivity index (χ1n) is 5.51. The van der Waals surface area contributed by atoms with E-state index in [-0.39, 0.29) is 12.3 Å². The van der Waals surface area contributed by atoms with Crippen LogP contribution < -0.4 is 5.32 Å². The third kappa shape index (κ3) is 1.36. The zero-order chi connectivity index (χ0) is 9.76. The summed E-state index contributed by atoms with van der Waals surface area (Å²) in [7, 11) is 0. The molecule has 1 N–H and O–H groups in total. The number of hydrogen-bond acceptors (Lipinski definition) is 2. The van der Waals surface area contributed by atoms with Crippen LogP contribution in [0.4, 0.5) is 8.78 Å². The van der Waals surface area contributed by atoms with Crippen LogP contribution >= 0.6 is 0 Å². The van der Waals surface area contributed by atoms with E-state index >= 15 is 0 Å². The third-order valence-corrected chi connectivity index (χ3v) is 3.92. The molecule has 2 nitrogen and oxygen atoms in total. The average Bonchev–Trinajstić information content (AvgIpc) is 2.67. The lowest BCUT2D eigenvalue weighted by molar-refractivity contribution is 0.0721. The molecule has 3 atom stereocenters. The summed E-state index contributed by atoms with van der Waals surface area (Å²) in [5.74, 6) is -2.69. The maximum atomic E-state index is 12.8. The van der Waals surface area contributed by atoms with Crippen molar-refractivity contribution < 1.29 is 8.78 Å². The molecule has 3 fully saturated rings. The molecule has 3 aliphatic rings. The van der Waals surface area contributed by atoms with E-state index in [1.54, 1.807) is 0 Å². The minimum absolute atomic E-state index is 0.121. The molecule has 2 bridgehead atoms. The number of piperazine rings is 1. The second-order valence-corrected chi connectivity index (χ2v) is 4.90. The normalized spacial score (nSPS) is 45.4. The van der Waals surface area contributed by atoms with Crippen molar-refractivity contribution in [2.75, 3.05) is 19.6 Å². The molecule has 0 spiro atoms. The molecular formula is C10H16F2N2. The van der Waals surface area contributed by atoms with Gasteiger partial charge in [0.25, 0.3) is 5.92 Å². The molecule has 0 aromatic heterocycles. The largest absolute Gasteiger partial charge is 0.314 e. The fraction of sp³-hybridized carbons (Fsp3) is 1.00. The Morgan fingerprint density at radius 2 is 1.79 bits per heavy atom. The van der Waals surface area contributed by atoms with Gasteiger partial charge in [-0.1, -0.05) is 0 Å². The Hall–Kier alpha value is -0.220. The molecule has 14 heavy (non-hydrogen) atoms. The van der Waals surface area contributed by atoms with Crippen LogP contribution in [0.1, 0.15) is 19.3 Å². The summed E-state index contributed by atoms with van der Waals surface area (Å²) < 4.78 is 25.6. The van der Waals surface area contributed by atoms with E-state index in [0.717, 1.165) is 13.1 Å². The Kier molecular flexibility index (Phi) is 1.86. The smallest absolute Gasteiger partial charge is 0.252 e. The molecule has 2 heterocycles. The van der Waals surface area contributed by atoms with E-state index in [1.165, 1.54) is 12.8 Å². The van der Waals surface area contributed by atoms with Gasteiger partial charge in [0.05, 0.1) is 0 Å². The summed E-state index contributed by atoms with van der Waals surface area (Å²) in [4.78, 5) is 2.32. The summed E-state index contributed by atoms with van der Waals surface area (Å²) in [6, 6.07) is 1.07. The van der Waals surface area contributed by atoms with Crippen LogP contribution in [0.5, 0.6) is 0 Å². The quantitative estimate of drug-likeness (QED) is 0.720. The predicted octanol–water partition coefficient (Wildman–Crippen LogP) is 1.08. The summed E-state index contributed by atoms with van der Waals surface area (Å²) >= 11 is 0. The number of nitrogens with one attached hydrogen (secondary N) is 1. The second-order valence-electron chi connectivity index (χ2n) is 4.90. The molecule has 0 aromatic carbocycles. The molecular weight excluding hydrogens is 186 g/mol. The zero-order valence-electron chi connectivity index (χ0n) is 8.18. The number of alkyl halides is 2. The van der Waals surface area contributed by atoms with E-state index < -0.39 is 5.92 Å². The van der Waals surface area contributed by atoms with E-state index in [1.807, 2.05) is 0 Å². The number of fused-ring (bicyclic) bond motifs is 2. The molecule has 3 unspecified atom stereocenters. The van der Waals surface area contributed by atoms with Crippen molar-refractivity contribution in [3.8, 4) is 0 Å². The third-order valence-electron chi connectivity index (χ3n) is 3.92. The van der Waals surface area contributed by atoms with Gasteiger partial charge in [0.1, 0.15) is 0 Å². The van der Waals surface area contributed by atoms with E-state index in [2.05, 4.69) is 10.2 Å². The lowest BCUT2D eigenvalue weighted by atomic mass is 10.2. The molecule has 2 saturated heterocycles. The fourth-order valence-corrected chi connectivity index (χ4v) is 2.89. The first-order valence-corrected chi connectivity index (χ1v) is 5.51. The van der Waals surface area contributed by atoms with Gasteiger partial charge in [-0.15, -0.1) is 0 Å². The SMILES string of the molecule is FC1(F)CC1CN1C2CCC1CNC2. The Bertz CT molecular complexity index is 228. The van der Waals surface area contributed by atoms with Crippen LogP contribution in [0.2, 0.25) is 0 Å². The fourth-order valence-electron chi connectivity index (χ4n) is 2.89. The molecule has 80 valence electrons. The molecule has 0 radical (unpaired) electrons. The zero-order valence-corrected chi connectivity index (χ0v) is 8.18. The highest BCUT2D eigenvalue weighted by atomic mass is 19.3. The van der Waals surface area contributed by atoms with Crippen molar-refractivity contribution in [1.29, 1.82) is 0 Å². The van der Waals surface area contributed by atoms with Crippen LogP contribution in [0.25, 0.3) is 0 Å². The topological polar surface area (TPSA) is 15.3 Å². The molecule has 1 aliphatic carbocycles. The van der Waals surface area contributed by atoms with Crippen molar-refractivity contribution in [3.63, 3.8) is 0 Å². The monoisotopic (exact) mass is 202 g/mol. The number of hydrogen-bond donors (Lipinski definition) is 1. The van der Waals surface area contributed by atoms with Gasteiger partial charge in [-0.05, 0) is 12.8 Å². The Labute approximate surface area is 82.6 Å². The van der Waals surface area contributed by atoms with Crippen molar-refractivity contribution in [1.82, 2.24) is 10.2 Å². The highest BCUT2D eigenvalue weighted by Gasteiger charge is 2.58. The molecule has 2 aliphatic heterocycles. The maximum Gasteiger partial charge on any atom is 0.252 e. The highest BCUT2D eigenvalue weighted by Crippen LogP contribution is 2.49. The van der Waals surface area contributed by atoms with Crippen molar-refractivity contribution in [2.24, 2.45) is 5.92 Å². The van der Waals surface area contributed by atoms with E-state index in [4.69, 9.17) is 0 Å². The standard InChI is InChI=1S/C10H16F2N2/c11-10(12)3-7(10)6-14-8-1-2-9(14)5-13-4-8/h7-9,13H,1-6H2. The summed E-state index contributed by atoms with van der Waals surface area (Å²) in [5, 5.41) is 3.36. The van der Waals surface area contributed by atoms with Crippen molar-refractivity contribution in [3.05, 3.63) is 0 Å². The highest BCUT2D eigenvalue weighted by molar-refractivity contribution is 5.02. The van der Waals surface area contributed by atoms with Gasteiger partial charge in [0.15, 0.2) is 0 Å². The van der Waals surface area contributed by atoms with Crippen LogP contribution in [0.15, 0.2) is 0 Å². The lowest BCUT2D eigenvalue weighted by Gasteiger charge is -2.35. The second kappa shape index (κ2) is 2.89. The Balaban J connectivity index is 1.63. The van der Waals surface area contributed by atoms with E-state index in [0.29, 0.717) is 18.6 Å². The van der Waals surface area contributed by atoms with Crippen LogP contribution in [-0.2, 0) is 0 Å². The van der Waals surface area contributed by atoms with Gasteiger partial charge in [-0.2, -0.15) is 0 Å². The Morgan fingerprint density at radius 1 is 1.21 bits per heavy atom. The Morgan fingerprint density at radius 3 is 2.29 bits per heavy atom. The van der Waals surface area contributed by atoms with Crippen LogP contribution in [0, 0.1) is 5.92 Å². The summed E-state index contributed by atoms with van der Waals surface area (Å²) in [6.45, 7) is 2.62. The van der Waals surface area contributed by atoms with Crippen molar-refractivity contribution in [2.45, 2.75) is 37.3 Å². The van der Waals surface area contributed by atoms with Gasteiger partial charge in [-0.25, -0.2) is 8.78 Å². The van der Waals surface area contributed by atoms with E-state index in [9.17, 15) is 8.78 Å². The molecule has 4 heteroatoms. The van der Waals surface area contributed by atoms with Gasteiger partial charge in [0.2, 0.25) is 0 Å². The minimum Gasteiger partial charge on any atom is -0.314 e. The first-order chi connectivity index (χ1) is 6.67. The number of halogens is 2. The number of nitrogens with zero attached hydrogens (tertiary/aromatic N) is 1. The predicted molar refractivity (Wildman–Crippen MR) is 49.4 cm³/mol. The molecule has 0 aromatic rings. The lowest BCUT2D eigenvalue weighted by Crippen LogP contribution is -2.52. The summed E-state index contributed by atoms with van der Waals surface area (Å²) in [6.07, 6.45) is 2.50. The van der Waals surface area contributed by atoms with Crippen molar-refractivity contribution >= 4 is 0 Å². The molecule has 0 amide bonds. The molecule has 1 saturated carbocycles. The first kappa shape index (κ1) is 9.04. The number of rotatable bonds is 2. The minimum atomic E-state index is -2.34. The van der Waals surface area contributed by atoms with Crippen LogP contribution in [-0.4, -0.2) is 42.5 Å². The maximum absolute atomic E-state index is 12.8. The van der Waals surface area contributed by atoms with Gasteiger partial charge >= 0.3 is 0 Å². The van der Waals surface area contributed by atoms with Gasteiger partial charge in [0, 0.05) is 44.1 Å². The average molecular weight is 202 g/mol. The van der Waals surface area contributed by atoms with Gasteiger partial charge in [-0.3, -0.25) is 4.90 Å². The van der Waals surface area contributed by atoms with Crippen LogP contribution in [0.3, 0.4) is 0 Å². The molecule has 3 rings (SSSR count).